The number of rotatable bonds is 11. The van der Waals surface area contributed by atoms with Crippen LogP contribution in [0, 0.1) is 0 Å². The number of aliphatic hydroxyl groups excluding tert-OH is 1. The molecule has 3 heterocycles. The van der Waals surface area contributed by atoms with Crippen molar-refractivity contribution in [2.45, 2.75) is 44.6 Å². The van der Waals surface area contributed by atoms with E-state index in [0.717, 1.165) is 77.3 Å². The monoisotopic (exact) mass is 693 g/mol. The van der Waals surface area contributed by atoms with Crippen LogP contribution in [0.5, 0.6) is 5.75 Å². The zero-order valence-electron chi connectivity index (χ0n) is 28.6. The Kier molecular flexibility index (Phi) is 10.8. The summed E-state index contributed by atoms with van der Waals surface area (Å²) < 4.78 is 41.4. The van der Waals surface area contributed by atoms with E-state index in [-0.39, 0.29) is 18.1 Å². The smallest absolute Gasteiger partial charge is 0.303 e. The summed E-state index contributed by atoms with van der Waals surface area (Å²) in [5.41, 5.74) is 5.79. The predicted molar refractivity (Wildman–Crippen MR) is 189 cm³/mol. The molecule has 3 aliphatic rings. The Bertz CT molecular complexity index is 1840. The molecule has 2 amide bonds. The second-order valence-corrected chi connectivity index (χ2v) is 15.1. The van der Waals surface area contributed by atoms with Gasteiger partial charge in [-0.25, -0.2) is 4.72 Å². The van der Waals surface area contributed by atoms with Crippen LogP contribution in [0.4, 0.5) is 0 Å². The van der Waals surface area contributed by atoms with Crippen molar-refractivity contribution in [3.8, 4) is 17.0 Å². The fraction of sp³-hybridized carbons (Fsp3) is 0.500. The number of carbonyl (C=O) groups is 2. The third kappa shape index (κ3) is 7.41. The number of hydrogen-bond donors (Lipinski definition) is 2. The van der Waals surface area contributed by atoms with Crippen LogP contribution >= 0.6 is 0 Å². The lowest BCUT2D eigenvalue weighted by Crippen LogP contribution is -2.50. The van der Waals surface area contributed by atoms with Gasteiger partial charge in [-0.15, -0.1) is 0 Å². The molecule has 0 spiro atoms. The molecule has 2 aliphatic heterocycles. The Hall–Kier alpha value is -3.75. The average molecular weight is 694 g/mol. The van der Waals surface area contributed by atoms with Crippen molar-refractivity contribution in [3.63, 3.8) is 0 Å². The van der Waals surface area contributed by atoms with Crippen LogP contribution in [0.15, 0.2) is 42.0 Å². The van der Waals surface area contributed by atoms with Crippen molar-refractivity contribution in [1.29, 1.82) is 0 Å². The summed E-state index contributed by atoms with van der Waals surface area (Å²) in [4.78, 5) is 31.8. The van der Waals surface area contributed by atoms with E-state index in [0.29, 0.717) is 50.1 Å². The van der Waals surface area contributed by atoms with Gasteiger partial charge in [0.05, 0.1) is 39.2 Å². The van der Waals surface area contributed by atoms with Crippen LogP contribution in [-0.4, -0.2) is 118 Å². The molecule has 1 saturated heterocycles. The van der Waals surface area contributed by atoms with E-state index in [4.69, 9.17) is 14.6 Å². The van der Waals surface area contributed by atoms with Crippen LogP contribution in [-0.2, 0) is 26.3 Å². The average Bonchev–Trinajstić information content (AvgIpc) is 3.32. The maximum absolute atomic E-state index is 14.3. The molecule has 2 N–H and O–H groups in total. The van der Waals surface area contributed by atoms with Gasteiger partial charge in [-0.3, -0.25) is 14.5 Å². The number of piperazine rings is 1. The summed E-state index contributed by atoms with van der Waals surface area (Å²) in [7, 11) is 0.382. The number of nitrogens with one attached hydrogen (secondary N) is 1. The molecule has 264 valence electrons. The molecular formula is C36H47N5O7S. The van der Waals surface area contributed by atoms with Crippen molar-refractivity contribution >= 4 is 39.0 Å². The molecule has 1 aliphatic carbocycles. The molecule has 2 fully saturated rings. The van der Waals surface area contributed by atoms with Crippen molar-refractivity contribution in [3.05, 3.63) is 58.7 Å². The maximum Gasteiger partial charge on any atom is 0.303 e. The lowest BCUT2D eigenvalue weighted by molar-refractivity contribution is -0.129. The van der Waals surface area contributed by atoms with Gasteiger partial charge in [0, 0.05) is 74.4 Å². The number of aliphatic hydroxyl groups is 1. The van der Waals surface area contributed by atoms with Crippen LogP contribution in [0.25, 0.3) is 28.2 Å². The fourth-order valence-corrected chi connectivity index (χ4v) is 7.85. The molecule has 6 rings (SSSR count). The van der Waals surface area contributed by atoms with Gasteiger partial charge in [0.25, 0.3) is 11.8 Å². The van der Waals surface area contributed by atoms with E-state index < -0.39 is 16.1 Å². The number of methoxy groups -OCH3 is 1. The van der Waals surface area contributed by atoms with Gasteiger partial charge in [-0.1, -0.05) is 25.3 Å². The normalized spacial score (nSPS) is 17.4. The highest BCUT2D eigenvalue weighted by Crippen LogP contribution is 2.47. The van der Waals surface area contributed by atoms with Crippen molar-refractivity contribution in [2.75, 3.05) is 73.7 Å². The molecule has 0 unspecified atom stereocenters. The third-order valence-electron chi connectivity index (χ3n) is 9.98. The van der Waals surface area contributed by atoms with E-state index in [1.165, 1.54) is 26.1 Å². The van der Waals surface area contributed by atoms with E-state index in [1.807, 2.05) is 29.2 Å². The SMILES string of the molecule is COc1ccc2c(c1)C=C(C(=O)N1CCN(CCOCCO)CC1)Cn1c-2c(C2CCCCC2)c2ccc(C(=O)NS(=O)(=O)N(C)C)cc21. The molecule has 0 radical (unpaired) electrons. The number of benzene rings is 2. The second kappa shape index (κ2) is 15.0. The molecule has 2 aromatic carbocycles. The Labute approximate surface area is 288 Å². The summed E-state index contributed by atoms with van der Waals surface area (Å²) in [5.74, 6) is 0.257. The van der Waals surface area contributed by atoms with Gasteiger partial charge in [0.2, 0.25) is 0 Å². The van der Waals surface area contributed by atoms with Gasteiger partial charge in [-0.05, 0) is 66.3 Å². The van der Waals surface area contributed by atoms with Crippen LogP contribution in [0.3, 0.4) is 0 Å². The summed E-state index contributed by atoms with van der Waals surface area (Å²) in [5, 5.41) is 9.99. The first kappa shape index (κ1) is 35.1. The second-order valence-electron chi connectivity index (χ2n) is 13.2. The first-order valence-corrected chi connectivity index (χ1v) is 18.5. The lowest BCUT2D eigenvalue weighted by Gasteiger charge is -2.35. The highest BCUT2D eigenvalue weighted by atomic mass is 32.2. The summed E-state index contributed by atoms with van der Waals surface area (Å²) in [6.45, 7) is 4.51. The first-order chi connectivity index (χ1) is 23.6. The van der Waals surface area contributed by atoms with E-state index in [2.05, 4.69) is 20.3 Å². The number of carbonyl (C=O) groups excluding carboxylic acids is 2. The van der Waals surface area contributed by atoms with Crippen molar-refractivity contribution in [2.24, 2.45) is 0 Å². The Morgan fingerprint density at radius 2 is 1.76 bits per heavy atom. The third-order valence-corrected chi connectivity index (χ3v) is 11.4. The molecule has 0 atom stereocenters. The minimum Gasteiger partial charge on any atom is -0.497 e. The highest BCUT2D eigenvalue weighted by Gasteiger charge is 2.32. The largest absolute Gasteiger partial charge is 0.497 e. The number of amides is 2. The first-order valence-electron chi connectivity index (χ1n) is 17.1. The van der Waals surface area contributed by atoms with Crippen molar-refractivity contribution < 1.29 is 32.6 Å². The molecular weight excluding hydrogens is 646 g/mol. The number of hydrogen-bond acceptors (Lipinski definition) is 8. The molecule has 12 nitrogen and oxygen atoms in total. The predicted octanol–water partition coefficient (Wildman–Crippen LogP) is 3.45. The number of nitrogens with zero attached hydrogens (tertiary/aromatic N) is 4. The molecule has 0 bridgehead atoms. The molecule has 49 heavy (non-hydrogen) atoms. The van der Waals surface area contributed by atoms with E-state index in [9.17, 15) is 18.0 Å². The Balaban J connectivity index is 1.42. The van der Waals surface area contributed by atoms with Crippen molar-refractivity contribution in [1.82, 2.24) is 23.4 Å². The lowest BCUT2D eigenvalue weighted by atomic mass is 9.81. The van der Waals surface area contributed by atoms with Crippen LogP contribution in [0.1, 0.15) is 59.5 Å². The molecule has 1 aromatic heterocycles. The van der Waals surface area contributed by atoms with E-state index in [1.54, 1.807) is 19.2 Å². The van der Waals surface area contributed by atoms with E-state index >= 15 is 0 Å². The molecule has 1 saturated carbocycles. The van der Waals surface area contributed by atoms with Gasteiger partial charge in [0.1, 0.15) is 5.75 Å². The van der Waals surface area contributed by atoms with Gasteiger partial charge in [0.15, 0.2) is 0 Å². The van der Waals surface area contributed by atoms with Gasteiger partial charge >= 0.3 is 10.2 Å². The number of aromatic nitrogens is 1. The number of ether oxygens (including phenoxy) is 2. The Morgan fingerprint density at radius 1 is 1.00 bits per heavy atom. The van der Waals surface area contributed by atoms with Gasteiger partial charge < -0.3 is 24.0 Å². The highest BCUT2D eigenvalue weighted by molar-refractivity contribution is 7.87. The fourth-order valence-electron chi connectivity index (χ4n) is 7.32. The minimum absolute atomic E-state index is 0.000187. The van der Waals surface area contributed by atoms with Crippen LogP contribution in [0.2, 0.25) is 0 Å². The van der Waals surface area contributed by atoms with Gasteiger partial charge in [-0.2, -0.15) is 12.7 Å². The molecule has 13 heteroatoms. The standard InChI is InChI=1S/C36H47N5O7S/c1-38(2)49(45,46)37-35(43)26-9-11-31-32(23-26)41-24-28(36(44)40-15-13-39(14-16-40)17-19-48-20-18-42)21-27-22-29(47-3)10-12-30(27)34(41)33(31)25-7-5-4-6-8-25/h9-12,21-23,25,42H,4-8,13-20,24H2,1-3H3,(H,37,43). The summed E-state index contributed by atoms with van der Waals surface area (Å²) in [6, 6.07) is 11.4. The molecule has 3 aromatic rings. The minimum atomic E-state index is -3.99. The number of fused-ring (bicyclic) bond motifs is 5. The maximum atomic E-state index is 14.3. The quantitative estimate of drug-likeness (QED) is 0.292. The van der Waals surface area contributed by atoms with Crippen LogP contribution < -0.4 is 9.46 Å². The summed E-state index contributed by atoms with van der Waals surface area (Å²) >= 11 is 0. The Morgan fingerprint density at radius 3 is 2.45 bits per heavy atom. The zero-order valence-corrected chi connectivity index (χ0v) is 29.4. The topological polar surface area (TPSA) is 134 Å². The zero-order chi connectivity index (χ0) is 34.7. The summed E-state index contributed by atoms with van der Waals surface area (Å²) in [6.07, 6.45) is 7.56.